The van der Waals surface area contributed by atoms with Gasteiger partial charge in [0.2, 0.25) is 0 Å². The fourth-order valence-corrected chi connectivity index (χ4v) is 1.89. The van der Waals surface area contributed by atoms with E-state index in [2.05, 4.69) is 4.99 Å². The second kappa shape index (κ2) is 4.39. The van der Waals surface area contributed by atoms with Crippen molar-refractivity contribution in [2.75, 3.05) is 7.05 Å². The Morgan fingerprint density at radius 3 is 2.33 bits per heavy atom. The zero-order valence-electron chi connectivity index (χ0n) is 7.92. The van der Waals surface area contributed by atoms with Crippen LogP contribution in [-0.2, 0) is 4.79 Å². The van der Waals surface area contributed by atoms with Crippen molar-refractivity contribution in [3.63, 3.8) is 0 Å². The van der Waals surface area contributed by atoms with Gasteiger partial charge in [-0.25, -0.2) is 0 Å². The van der Waals surface area contributed by atoms with Crippen LogP contribution < -0.4 is 0 Å². The Labute approximate surface area is 74.1 Å². The number of hydrogen-bond donors (Lipinski definition) is 0. The van der Waals surface area contributed by atoms with Gasteiger partial charge >= 0.3 is 0 Å². The number of rotatable bonds is 2. The molecule has 0 amide bonds. The summed E-state index contributed by atoms with van der Waals surface area (Å²) in [7, 11) is 1.82. The molecule has 0 bridgehead atoms. The molecule has 0 aromatic rings. The van der Waals surface area contributed by atoms with E-state index in [-0.39, 0.29) is 0 Å². The van der Waals surface area contributed by atoms with Gasteiger partial charge in [-0.1, -0.05) is 0 Å². The minimum atomic E-state index is 0.339. The normalized spacial score (nSPS) is 30.8. The van der Waals surface area contributed by atoms with Crippen LogP contribution in [0.15, 0.2) is 4.99 Å². The highest BCUT2D eigenvalue weighted by molar-refractivity contribution is 5.78. The van der Waals surface area contributed by atoms with Gasteiger partial charge in [0.1, 0.15) is 5.78 Å². The maximum absolute atomic E-state index is 11.0. The molecule has 68 valence electrons. The van der Waals surface area contributed by atoms with E-state index in [0.29, 0.717) is 17.6 Å². The molecule has 2 heteroatoms. The third kappa shape index (κ3) is 2.43. The molecule has 0 unspecified atom stereocenters. The first-order chi connectivity index (χ1) is 5.74. The van der Waals surface area contributed by atoms with Gasteiger partial charge < -0.3 is 4.99 Å². The van der Waals surface area contributed by atoms with Crippen molar-refractivity contribution < 1.29 is 4.79 Å². The zero-order valence-corrected chi connectivity index (χ0v) is 7.92. The molecular formula is C10H17NO. The average molecular weight is 167 g/mol. The lowest BCUT2D eigenvalue weighted by Gasteiger charge is -2.23. The molecule has 1 aliphatic rings. The van der Waals surface area contributed by atoms with E-state index in [1.165, 1.54) is 0 Å². The molecule has 0 aromatic heterocycles. The molecule has 1 rings (SSSR count). The van der Waals surface area contributed by atoms with Gasteiger partial charge in [-0.3, -0.25) is 4.79 Å². The highest BCUT2D eigenvalue weighted by Crippen LogP contribution is 2.27. The number of ketones is 1. The first kappa shape index (κ1) is 9.43. The Balaban J connectivity index is 2.34. The molecule has 0 N–H and O–H groups in total. The Kier molecular flexibility index (Phi) is 3.45. The zero-order chi connectivity index (χ0) is 8.97. The van der Waals surface area contributed by atoms with Gasteiger partial charge in [-0.15, -0.1) is 0 Å². The third-order valence-corrected chi connectivity index (χ3v) is 2.71. The Morgan fingerprint density at radius 2 is 1.92 bits per heavy atom. The van der Waals surface area contributed by atoms with E-state index in [1.807, 2.05) is 13.3 Å². The predicted octanol–water partition coefficient (Wildman–Crippen LogP) is 2.08. The van der Waals surface area contributed by atoms with E-state index in [4.69, 9.17) is 0 Å². The molecule has 1 saturated carbocycles. The summed E-state index contributed by atoms with van der Waals surface area (Å²) in [6.07, 6.45) is 6.43. The minimum absolute atomic E-state index is 0.339. The second-order valence-corrected chi connectivity index (χ2v) is 3.63. The molecular weight excluding hydrogens is 150 g/mol. The monoisotopic (exact) mass is 167 g/mol. The van der Waals surface area contributed by atoms with Crippen molar-refractivity contribution in [1.29, 1.82) is 0 Å². The van der Waals surface area contributed by atoms with Crippen LogP contribution in [0.2, 0.25) is 0 Å². The van der Waals surface area contributed by atoms with Crippen molar-refractivity contribution >= 4 is 12.0 Å². The maximum Gasteiger partial charge on any atom is 0.132 e. The number of hydrogen-bond acceptors (Lipinski definition) is 2. The summed E-state index contributed by atoms with van der Waals surface area (Å²) in [5, 5.41) is 0. The summed E-state index contributed by atoms with van der Waals surface area (Å²) in [5.41, 5.74) is 0. The molecule has 0 spiro atoms. The number of carbonyl (C=O) groups excluding carboxylic acids is 1. The van der Waals surface area contributed by atoms with Crippen LogP contribution in [-0.4, -0.2) is 19.0 Å². The lowest BCUT2D eigenvalue weighted by Crippen LogP contribution is -2.20. The van der Waals surface area contributed by atoms with E-state index in [0.717, 1.165) is 25.7 Å². The first-order valence-corrected chi connectivity index (χ1v) is 4.66. The molecule has 0 radical (unpaired) electrons. The second-order valence-electron chi connectivity index (χ2n) is 3.63. The summed E-state index contributed by atoms with van der Waals surface area (Å²) in [5.74, 6) is 1.33. The Bertz CT molecular complexity index is 178. The van der Waals surface area contributed by atoms with Crippen LogP contribution >= 0.6 is 0 Å². The number of nitrogens with zero attached hydrogens (tertiary/aromatic N) is 1. The van der Waals surface area contributed by atoms with Crippen LogP contribution in [0.3, 0.4) is 0 Å². The fraction of sp³-hybridized carbons (Fsp3) is 0.800. The third-order valence-electron chi connectivity index (χ3n) is 2.71. The summed E-state index contributed by atoms with van der Waals surface area (Å²) in [6, 6.07) is 0. The molecule has 1 fully saturated rings. The smallest absolute Gasteiger partial charge is 0.132 e. The molecule has 0 aliphatic heterocycles. The van der Waals surface area contributed by atoms with Crippen LogP contribution in [0, 0.1) is 11.8 Å². The Hall–Kier alpha value is -0.660. The highest BCUT2D eigenvalue weighted by atomic mass is 16.1. The topological polar surface area (TPSA) is 29.4 Å². The van der Waals surface area contributed by atoms with Crippen molar-refractivity contribution in [1.82, 2.24) is 0 Å². The molecule has 12 heavy (non-hydrogen) atoms. The van der Waals surface area contributed by atoms with Gasteiger partial charge in [0.15, 0.2) is 0 Å². The van der Waals surface area contributed by atoms with Crippen molar-refractivity contribution in [2.24, 2.45) is 16.8 Å². The van der Waals surface area contributed by atoms with Gasteiger partial charge in [-0.2, -0.15) is 0 Å². The van der Waals surface area contributed by atoms with E-state index in [1.54, 1.807) is 6.92 Å². The molecule has 0 aromatic carbocycles. The average Bonchev–Trinajstić information content (AvgIpc) is 2.06. The fourth-order valence-electron chi connectivity index (χ4n) is 1.89. The van der Waals surface area contributed by atoms with Crippen LogP contribution in [0.5, 0.6) is 0 Å². The van der Waals surface area contributed by atoms with Crippen molar-refractivity contribution in [3.8, 4) is 0 Å². The Morgan fingerprint density at radius 1 is 1.33 bits per heavy atom. The lowest BCUT2D eigenvalue weighted by molar-refractivity contribution is -0.121. The summed E-state index contributed by atoms with van der Waals surface area (Å²) >= 11 is 0. The number of carbonyl (C=O) groups is 1. The SMILES string of the molecule is CN=C[C@H]1CC[C@H](C(C)=O)CC1. The maximum atomic E-state index is 11.0. The summed E-state index contributed by atoms with van der Waals surface area (Å²) < 4.78 is 0. The van der Waals surface area contributed by atoms with Gasteiger partial charge in [0.25, 0.3) is 0 Å². The molecule has 1 aliphatic carbocycles. The van der Waals surface area contributed by atoms with Gasteiger partial charge in [-0.05, 0) is 38.5 Å². The lowest BCUT2D eigenvalue weighted by atomic mass is 9.81. The van der Waals surface area contributed by atoms with Crippen LogP contribution in [0.4, 0.5) is 0 Å². The molecule has 2 nitrogen and oxygen atoms in total. The van der Waals surface area contributed by atoms with Crippen LogP contribution in [0.1, 0.15) is 32.6 Å². The summed E-state index contributed by atoms with van der Waals surface area (Å²) in [4.78, 5) is 15.0. The quantitative estimate of drug-likeness (QED) is 0.579. The first-order valence-electron chi connectivity index (χ1n) is 4.66. The van der Waals surface area contributed by atoms with Crippen LogP contribution in [0.25, 0.3) is 0 Å². The number of aliphatic imine (C=N–C) groups is 1. The molecule has 0 heterocycles. The predicted molar refractivity (Wildman–Crippen MR) is 50.5 cm³/mol. The minimum Gasteiger partial charge on any atom is -0.301 e. The van der Waals surface area contributed by atoms with Gasteiger partial charge in [0.05, 0.1) is 0 Å². The molecule has 0 atom stereocenters. The molecule has 0 saturated heterocycles. The number of Topliss-reactive ketones (excluding diaryl/α,β-unsaturated/α-hetero) is 1. The van der Waals surface area contributed by atoms with Gasteiger partial charge in [0, 0.05) is 19.2 Å². The van der Waals surface area contributed by atoms with E-state index >= 15 is 0 Å². The van der Waals surface area contributed by atoms with Crippen molar-refractivity contribution in [2.45, 2.75) is 32.6 Å². The largest absolute Gasteiger partial charge is 0.301 e. The standard InChI is InChI=1S/C10H17NO/c1-8(12)10-5-3-9(4-6-10)7-11-2/h7,9-10H,3-6H2,1-2H3/t9-,10-. The van der Waals surface area contributed by atoms with Crippen molar-refractivity contribution in [3.05, 3.63) is 0 Å². The summed E-state index contributed by atoms with van der Waals surface area (Å²) in [6.45, 7) is 1.71. The highest BCUT2D eigenvalue weighted by Gasteiger charge is 2.22. The van der Waals surface area contributed by atoms with E-state index in [9.17, 15) is 4.79 Å². The van der Waals surface area contributed by atoms with E-state index < -0.39 is 0 Å².